The lowest BCUT2D eigenvalue weighted by molar-refractivity contribution is -0.125. The first-order valence-corrected chi connectivity index (χ1v) is 6.81. The van der Waals surface area contributed by atoms with Crippen LogP contribution in [0.25, 0.3) is 0 Å². The minimum Gasteiger partial charge on any atom is -0.364 e. The van der Waals surface area contributed by atoms with Gasteiger partial charge in [0.05, 0.1) is 17.5 Å². The SMILES string of the molecule is N#CCN1C(=O)C(O)N=C(c2ccccc2)c2ccccc21. The zero-order valence-electron chi connectivity index (χ0n) is 11.7. The van der Waals surface area contributed by atoms with Crippen molar-refractivity contribution in [1.29, 1.82) is 5.26 Å². The van der Waals surface area contributed by atoms with E-state index in [1.165, 1.54) is 4.90 Å². The van der Waals surface area contributed by atoms with Gasteiger partial charge in [-0.15, -0.1) is 0 Å². The summed E-state index contributed by atoms with van der Waals surface area (Å²) in [5, 5.41) is 19.0. The van der Waals surface area contributed by atoms with Gasteiger partial charge in [-0.3, -0.25) is 9.69 Å². The maximum atomic E-state index is 12.3. The molecule has 22 heavy (non-hydrogen) atoms. The minimum atomic E-state index is -1.52. The highest BCUT2D eigenvalue weighted by Crippen LogP contribution is 2.27. The Labute approximate surface area is 127 Å². The number of hydrogen-bond donors (Lipinski definition) is 1. The topological polar surface area (TPSA) is 76.7 Å². The fraction of sp³-hybridized carbons (Fsp3) is 0.118. The summed E-state index contributed by atoms with van der Waals surface area (Å²) in [4.78, 5) is 17.7. The second kappa shape index (κ2) is 5.80. The second-order valence-corrected chi connectivity index (χ2v) is 4.82. The highest BCUT2D eigenvalue weighted by molar-refractivity contribution is 6.19. The molecular formula is C17H13N3O2. The van der Waals surface area contributed by atoms with E-state index in [0.717, 1.165) is 5.56 Å². The van der Waals surface area contributed by atoms with Crippen molar-refractivity contribution in [2.75, 3.05) is 11.4 Å². The molecule has 0 radical (unpaired) electrons. The first-order chi connectivity index (χ1) is 10.7. The molecule has 0 saturated carbocycles. The summed E-state index contributed by atoms with van der Waals surface area (Å²) in [7, 11) is 0. The number of benzodiazepines with no additional fused rings is 1. The Balaban J connectivity index is 2.22. The predicted molar refractivity (Wildman–Crippen MR) is 82.5 cm³/mol. The first-order valence-electron chi connectivity index (χ1n) is 6.81. The fourth-order valence-electron chi connectivity index (χ4n) is 2.47. The molecule has 1 atom stereocenters. The van der Waals surface area contributed by atoms with Crippen LogP contribution in [-0.2, 0) is 4.79 Å². The fourth-order valence-corrected chi connectivity index (χ4v) is 2.47. The molecular weight excluding hydrogens is 278 g/mol. The molecule has 5 nitrogen and oxygen atoms in total. The molecule has 5 heteroatoms. The first kappa shape index (κ1) is 14.0. The summed E-state index contributed by atoms with van der Waals surface area (Å²) >= 11 is 0. The molecule has 0 spiro atoms. The van der Waals surface area contributed by atoms with Gasteiger partial charge in [0.2, 0.25) is 6.23 Å². The number of nitrogens with zero attached hydrogens (tertiary/aromatic N) is 3. The molecule has 0 aliphatic carbocycles. The van der Waals surface area contributed by atoms with E-state index in [2.05, 4.69) is 4.99 Å². The summed E-state index contributed by atoms with van der Waals surface area (Å²) in [5.74, 6) is -0.597. The quantitative estimate of drug-likeness (QED) is 0.856. The van der Waals surface area contributed by atoms with Crippen molar-refractivity contribution in [3.63, 3.8) is 0 Å². The molecule has 2 aromatic carbocycles. The molecule has 0 saturated heterocycles. The maximum Gasteiger partial charge on any atom is 0.279 e. The van der Waals surface area contributed by atoms with E-state index in [4.69, 9.17) is 5.26 Å². The number of carbonyl (C=O) groups is 1. The molecule has 3 rings (SSSR count). The number of aliphatic hydroxyl groups is 1. The van der Waals surface area contributed by atoms with Gasteiger partial charge < -0.3 is 5.11 Å². The number of benzene rings is 2. The molecule has 1 unspecified atom stereocenters. The summed E-state index contributed by atoms with van der Waals surface area (Å²) in [5.41, 5.74) is 2.64. The van der Waals surface area contributed by atoms with Crippen molar-refractivity contribution in [2.24, 2.45) is 4.99 Å². The van der Waals surface area contributed by atoms with Crippen LogP contribution in [0.2, 0.25) is 0 Å². The van der Waals surface area contributed by atoms with E-state index < -0.39 is 12.1 Å². The Kier molecular flexibility index (Phi) is 3.69. The Morgan fingerprint density at radius 2 is 1.82 bits per heavy atom. The van der Waals surface area contributed by atoms with E-state index in [-0.39, 0.29) is 6.54 Å². The van der Waals surface area contributed by atoms with E-state index >= 15 is 0 Å². The lowest BCUT2D eigenvalue weighted by Crippen LogP contribution is -2.38. The van der Waals surface area contributed by atoms with Crippen molar-refractivity contribution in [3.05, 3.63) is 65.7 Å². The number of aliphatic imine (C=N–C) groups is 1. The number of anilines is 1. The summed E-state index contributed by atoms with van der Waals surface area (Å²) < 4.78 is 0. The van der Waals surface area contributed by atoms with Gasteiger partial charge in [0.1, 0.15) is 6.54 Å². The maximum absolute atomic E-state index is 12.3. The number of nitriles is 1. The Hall–Kier alpha value is -2.97. The molecule has 1 aliphatic rings. The lowest BCUT2D eigenvalue weighted by atomic mass is 10.0. The average molecular weight is 291 g/mol. The van der Waals surface area contributed by atoms with E-state index in [0.29, 0.717) is 17.0 Å². The molecule has 2 aromatic rings. The van der Waals surface area contributed by atoms with Gasteiger partial charge in [-0.2, -0.15) is 5.26 Å². The third kappa shape index (κ3) is 2.36. The normalized spacial score (nSPS) is 17.3. The number of aliphatic hydroxyl groups excluding tert-OH is 1. The Bertz CT molecular complexity index is 778. The summed E-state index contributed by atoms with van der Waals surface area (Å²) in [6, 6.07) is 18.5. The van der Waals surface area contributed by atoms with Crippen LogP contribution in [0.5, 0.6) is 0 Å². The van der Waals surface area contributed by atoms with Crippen LogP contribution in [0, 0.1) is 11.3 Å². The van der Waals surface area contributed by atoms with Crippen molar-refractivity contribution in [1.82, 2.24) is 0 Å². The van der Waals surface area contributed by atoms with Gasteiger partial charge in [-0.1, -0.05) is 48.5 Å². The van der Waals surface area contributed by atoms with Crippen LogP contribution in [-0.4, -0.2) is 29.5 Å². The third-order valence-corrected chi connectivity index (χ3v) is 3.46. The zero-order chi connectivity index (χ0) is 15.5. The van der Waals surface area contributed by atoms with Gasteiger partial charge in [-0.05, 0) is 6.07 Å². The van der Waals surface area contributed by atoms with Crippen LogP contribution in [0.3, 0.4) is 0 Å². The monoisotopic (exact) mass is 291 g/mol. The number of carbonyl (C=O) groups excluding carboxylic acids is 1. The lowest BCUT2D eigenvalue weighted by Gasteiger charge is -2.20. The third-order valence-electron chi connectivity index (χ3n) is 3.46. The van der Waals surface area contributed by atoms with Crippen molar-refractivity contribution in [2.45, 2.75) is 6.23 Å². The highest BCUT2D eigenvalue weighted by atomic mass is 16.3. The van der Waals surface area contributed by atoms with E-state index in [1.54, 1.807) is 12.1 Å². The van der Waals surface area contributed by atoms with Crippen LogP contribution in [0.1, 0.15) is 11.1 Å². The van der Waals surface area contributed by atoms with Gasteiger partial charge in [-0.25, -0.2) is 4.99 Å². The van der Waals surface area contributed by atoms with Gasteiger partial charge in [0.15, 0.2) is 0 Å². The Morgan fingerprint density at radius 1 is 1.14 bits per heavy atom. The molecule has 1 heterocycles. The molecule has 1 amide bonds. The standard InChI is InChI=1S/C17H13N3O2/c18-10-11-20-14-9-5-4-8-13(14)15(19-16(21)17(20)22)12-6-2-1-3-7-12/h1-9,16,21H,11H2. The van der Waals surface area contributed by atoms with Crippen LogP contribution >= 0.6 is 0 Å². The number of hydrogen-bond acceptors (Lipinski definition) is 4. The molecule has 0 bridgehead atoms. The molecule has 0 fully saturated rings. The molecule has 1 N–H and O–H groups in total. The summed E-state index contributed by atoms with van der Waals surface area (Å²) in [6.07, 6.45) is -1.52. The summed E-state index contributed by atoms with van der Waals surface area (Å²) in [6.45, 7) is -0.134. The number of fused-ring (bicyclic) bond motifs is 1. The van der Waals surface area contributed by atoms with Gasteiger partial charge in [0, 0.05) is 11.1 Å². The smallest absolute Gasteiger partial charge is 0.279 e. The van der Waals surface area contributed by atoms with Gasteiger partial charge >= 0.3 is 0 Å². The van der Waals surface area contributed by atoms with E-state index in [9.17, 15) is 9.90 Å². The number of amides is 1. The predicted octanol–water partition coefficient (Wildman–Crippen LogP) is 1.71. The van der Waals surface area contributed by atoms with Crippen LogP contribution in [0.15, 0.2) is 59.6 Å². The minimum absolute atomic E-state index is 0.134. The molecule has 108 valence electrons. The Morgan fingerprint density at radius 3 is 2.55 bits per heavy atom. The average Bonchev–Trinajstić information content (AvgIpc) is 2.67. The van der Waals surface area contributed by atoms with Crippen molar-refractivity contribution < 1.29 is 9.90 Å². The van der Waals surface area contributed by atoms with E-state index in [1.807, 2.05) is 48.5 Å². The zero-order valence-corrected chi connectivity index (χ0v) is 11.7. The van der Waals surface area contributed by atoms with Crippen LogP contribution in [0.4, 0.5) is 5.69 Å². The van der Waals surface area contributed by atoms with Crippen molar-refractivity contribution >= 4 is 17.3 Å². The largest absolute Gasteiger partial charge is 0.364 e. The van der Waals surface area contributed by atoms with Crippen LogP contribution < -0.4 is 4.90 Å². The number of rotatable bonds is 2. The van der Waals surface area contributed by atoms with Gasteiger partial charge in [0.25, 0.3) is 5.91 Å². The highest BCUT2D eigenvalue weighted by Gasteiger charge is 2.30. The number of para-hydroxylation sites is 1. The molecule has 1 aliphatic heterocycles. The van der Waals surface area contributed by atoms with Crippen molar-refractivity contribution in [3.8, 4) is 6.07 Å². The molecule has 0 aromatic heterocycles. The second-order valence-electron chi connectivity index (χ2n) is 4.82.